The summed E-state index contributed by atoms with van der Waals surface area (Å²) in [5, 5.41) is 18.4. The summed E-state index contributed by atoms with van der Waals surface area (Å²) in [4.78, 5) is 24.2. The summed E-state index contributed by atoms with van der Waals surface area (Å²) < 4.78 is 5.13. The van der Waals surface area contributed by atoms with Crippen LogP contribution >= 0.6 is 0 Å². The first-order valence-electron chi connectivity index (χ1n) is 8.31. The Morgan fingerprint density at radius 2 is 1.77 bits per heavy atom. The molecule has 0 bridgehead atoms. The fourth-order valence-electron chi connectivity index (χ4n) is 2.11. The normalized spacial score (nSPS) is 10.0. The zero-order valence-corrected chi connectivity index (χ0v) is 20.1. The van der Waals surface area contributed by atoms with E-state index in [1.165, 1.54) is 6.07 Å². The number of nitrogens with two attached hydrogens (primary N) is 2. The molecule has 0 aliphatic heterocycles. The van der Waals surface area contributed by atoms with Gasteiger partial charge >= 0.3 is 23.0 Å². The Labute approximate surface area is 205 Å². The van der Waals surface area contributed by atoms with Crippen LogP contribution < -0.4 is 59.6 Å². The number of aliphatic hydroxyl groups is 1. The Kier molecular flexibility index (Phi) is 22.2. The quantitative estimate of drug-likeness (QED) is 0.0665. The van der Waals surface area contributed by atoms with Gasteiger partial charge in [-0.2, -0.15) is 0 Å². The molecule has 0 aliphatic rings. The second-order valence-corrected chi connectivity index (χ2v) is 6.03. The number of fused-ring (bicyclic) bond motifs is 1. The molecular formula is C18H26AlCl3N4O4. The summed E-state index contributed by atoms with van der Waals surface area (Å²) in [5.41, 5.74) is 10.7. The molecule has 1 unspecified atom stereocenters. The van der Waals surface area contributed by atoms with Crippen molar-refractivity contribution in [2.45, 2.75) is 38.8 Å². The molecule has 0 radical (unpaired) electrons. The minimum absolute atomic E-state index is 0. The third-order valence-corrected chi connectivity index (χ3v) is 3.25. The van der Waals surface area contributed by atoms with E-state index in [1.54, 1.807) is 38.1 Å². The first-order valence-corrected chi connectivity index (χ1v) is 8.31. The van der Waals surface area contributed by atoms with Crippen molar-refractivity contribution < 1.29 is 51.5 Å². The number of ketones is 1. The number of aliphatic hydroxyl groups excluding tert-OH is 1. The van der Waals surface area contributed by atoms with Crippen LogP contribution in [0.1, 0.15) is 37.0 Å². The predicted molar refractivity (Wildman–Crippen MR) is 107 cm³/mol. The monoisotopic (exact) mass is 494 g/mol. The molecule has 0 amide bonds. The van der Waals surface area contributed by atoms with Gasteiger partial charge in [0.05, 0.1) is 6.04 Å². The van der Waals surface area contributed by atoms with Crippen molar-refractivity contribution in [3.05, 3.63) is 46.3 Å². The third kappa shape index (κ3) is 13.1. The molecule has 2 aromatic rings. The number of hydrogen-bond acceptors (Lipinski definition) is 6. The first kappa shape index (κ1) is 36.1. The van der Waals surface area contributed by atoms with Crippen LogP contribution in [0.5, 0.6) is 0 Å². The molecule has 0 fully saturated rings. The largest absolute Gasteiger partial charge is 3.00 e. The number of carbonyl (C=O) groups excluding carboxylic acids is 1. The van der Waals surface area contributed by atoms with E-state index in [9.17, 15) is 9.59 Å². The Balaban J connectivity index is -0.000000389. The molecule has 30 heavy (non-hydrogen) atoms. The second kappa shape index (κ2) is 18.5. The number of hydrogen-bond donors (Lipinski definition) is 5. The van der Waals surface area contributed by atoms with Crippen molar-refractivity contribution in [3.8, 4) is 0 Å². The van der Waals surface area contributed by atoms with Gasteiger partial charge in [-0.1, -0.05) is 18.2 Å². The Morgan fingerprint density at radius 3 is 2.30 bits per heavy atom. The molecular weight excluding hydrogens is 470 g/mol. The molecule has 0 saturated heterocycles. The molecule has 0 spiro atoms. The van der Waals surface area contributed by atoms with Crippen molar-refractivity contribution in [1.82, 2.24) is 5.32 Å². The molecule has 7 N–H and O–H groups in total. The topological polar surface area (TPSA) is 155 Å². The number of rotatable bonds is 6. The Bertz CT molecular complexity index is 819. The number of benzene rings is 1. The summed E-state index contributed by atoms with van der Waals surface area (Å²) in [6.07, 6.45) is 0.775. The van der Waals surface area contributed by atoms with Crippen molar-refractivity contribution in [2.24, 2.45) is 11.5 Å². The minimum atomic E-state index is -0.794. The molecule has 8 nitrogen and oxygen atoms in total. The second-order valence-electron chi connectivity index (χ2n) is 6.03. The van der Waals surface area contributed by atoms with Gasteiger partial charge in [-0.15, -0.1) is 0 Å². The van der Waals surface area contributed by atoms with Crippen LogP contribution in [0, 0.1) is 5.41 Å². The number of nitrogens with one attached hydrogen (secondary N) is 2. The maximum atomic E-state index is 12.3. The minimum Gasteiger partial charge on any atom is -1.00 e. The van der Waals surface area contributed by atoms with Crippen LogP contribution in [0.2, 0.25) is 0 Å². The van der Waals surface area contributed by atoms with Gasteiger partial charge in [0.25, 0.3) is 0 Å². The number of halogens is 3. The molecule has 1 heterocycles. The molecule has 1 aromatic heterocycles. The van der Waals surface area contributed by atoms with Crippen molar-refractivity contribution in [1.29, 1.82) is 5.41 Å². The van der Waals surface area contributed by atoms with Crippen molar-refractivity contribution in [3.63, 3.8) is 0 Å². The average molecular weight is 496 g/mol. The molecule has 1 atom stereocenters. The van der Waals surface area contributed by atoms with Crippen LogP contribution in [0.25, 0.3) is 11.0 Å². The van der Waals surface area contributed by atoms with Crippen LogP contribution in [0.15, 0.2) is 39.5 Å². The van der Waals surface area contributed by atoms with E-state index < -0.39 is 17.5 Å². The van der Waals surface area contributed by atoms with E-state index in [1.807, 2.05) is 0 Å². The summed E-state index contributed by atoms with van der Waals surface area (Å²) in [7, 11) is 0. The van der Waals surface area contributed by atoms with Gasteiger partial charge in [0.15, 0.2) is 11.7 Å². The molecule has 2 rings (SSSR count). The van der Waals surface area contributed by atoms with Gasteiger partial charge in [0.2, 0.25) is 0 Å². The third-order valence-electron chi connectivity index (χ3n) is 3.25. The maximum Gasteiger partial charge on any atom is 3.00 e. The SMILES string of the molecule is CC(C)O.N=C(N)NCCCC(N)C(=O)c1cc2ccccc2oc1=O.[Al+3].[Cl-].[Cl-].[Cl-]. The number of Topliss-reactive ketones (excluding diaryl/α,β-unsaturated/α-hetero) is 1. The average Bonchev–Trinajstić information content (AvgIpc) is 2.56. The van der Waals surface area contributed by atoms with Gasteiger partial charge in [-0.3, -0.25) is 10.2 Å². The van der Waals surface area contributed by atoms with E-state index in [2.05, 4.69) is 5.32 Å². The Hall–Kier alpha value is -1.31. The van der Waals surface area contributed by atoms with Gasteiger partial charge in [0.1, 0.15) is 11.1 Å². The van der Waals surface area contributed by atoms with Crippen LogP contribution in [-0.2, 0) is 0 Å². The van der Waals surface area contributed by atoms with Gasteiger partial charge in [-0.25, -0.2) is 4.79 Å². The number of para-hydroxylation sites is 1. The summed E-state index contributed by atoms with van der Waals surface area (Å²) >= 11 is 0. The number of carbonyl (C=O) groups is 1. The standard InChI is InChI=1S/C15H18N4O3.C3H8O.Al.3ClH/c16-11(5-3-7-19-15(17)18)13(20)10-8-9-4-1-2-6-12(9)22-14(10)21;1-3(2)4;;;;/h1-2,4,6,8,11H,3,5,7,16H2,(H4,17,18,19);3-4H,1-2H3;;3*1H/q;;+3;;;/p-3. The molecule has 0 aliphatic carbocycles. The number of guanidine groups is 1. The van der Waals surface area contributed by atoms with Crippen molar-refractivity contribution in [2.75, 3.05) is 6.54 Å². The van der Waals surface area contributed by atoms with Crippen molar-refractivity contribution >= 4 is 40.1 Å². The predicted octanol–water partition coefficient (Wildman–Crippen LogP) is -8.42. The van der Waals surface area contributed by atoms with E-state index in [0.717, 1.165) is 0 Å². The van der Waals surface area contributed by atoms with Crippen LogP contribution in [0.3, 0.4) is 0 Å². The Morgan fingerprint density at radius 1 is 1.23 bits per heavy atom. The zero-order chi connectivity index (χ0) is 19.7. The fourth-order valence-corrected chi connectivity index (χ4v) is 2.11. The van der Waals surface area contributed by atoms with Crippen LogP contribution in [-0.4, -0.2) is 52.9 Å². The van der Waals surface area contributed by atoms with Gasteiger partial charge < -0.3 is 63.5 Å². The molecule has 166 valence electrons. The summed E-state index contributed by atoms with van der Waals surface area (Å²) in [6, 6.07) is 7.69. The van der Waals surface area contributed by atoms with E-state index in [-0.39, 0.29) is 72.2 Å². The smallest absolute Gasteiger partial charge is 1.00 e. The first-order chi connectivity index (χ1) is 12.2. The fraction of sp³-hybridized carbons (Fsp3) is 0.389. The summed E-state index contributed by atoms with van der Waals surface area (Å²) in [6.45, 7) is 3.89. The van der Waals surface area contributed by atoms with Gasteiger partial charge in [-0.05, 0) is 38.8 Å². The van der Waals surface area contributed by atoms with Gasteiger partial charge in [0, 0.05) is 18.0 Å². The van der Waals surface area contributed by atoms with Crippen LogP contribution in [0.4, 0.5) is 0 Å². The molecule has 1 aromatic carbocycles. The van der Waals surface area contributed by atoms with E-state index in [0.29, 0.717) is 30.4 Å². The molecule has 12 heteroatoms. The molecule has 0 saturated carbocycles. The summed E-state index contributed by atoms with van der Waals surface area (Å²) in [5.74, 6) is -0.572. The van der Waals surface area contributed by atoms with E-state index >= 15 is 0 Å². The zero-order valence-electron chi connectivity index (χ0n) is 16.7. The maximum absolute atomic E-state index is 12.3. The van der Waals surface area contributed by atoms with E-state index in [4.69, 9.17) is 26.4 Å².